The molecule has 22 heavy (non-hydrogen) atoms. The number of aromatic nitrogens is 4. The smallest absolute Gasteiger partial charge is 0.161 e. The van der Waals surface area contributed by atoms with Crippen molar-refractivity contribution >= 4 is 12.2 Å². The summed E-state index contributed by atoms with van der Waals surface area (Å²) in [5.74, 6) is 0.655. The van der Waals surface area contributed by atoms with Crippen LogP contribution in [0.3, 0.4) is 0 Å². The number of hydrogen-bond donors (Lipinski definition) is 0. The minimum Gasteiger partial charge on any atom is -0.161 e. The lowest BCUT2D eigenvalue weighted by Gasteiger charge is -2.02. The zero-order valence-corrected chi connectivity index (χ0v) is 12.7. The first-order valence-corrected chi connectivity index (χ1v) is 7.36. The molecule has 0 saturated carbocycles. The predicted molar refractivity (Wildman–Crippen MR) is 89.0 cm³/mol. The molecule has 3 aromatic rings. The molecule has 0 fully saturated rings. The largest absolute Gasteiger partial charge is 0.205 e. The van der Waals surface area contributed by atoms with Crippen LogP contribution in [0.4, 0.5) is 0 Å². The summed E-state index contributed by atoms with van der Waals surface area (Å²) in [5.41, 5.74) is 3.23. The molecule has 0 amide bonds. The number of benzene rings is 2. The number of hydrogen-bond acceptors (Lipinski definition) is 3. The van der Waals surface area contributed by atoms with Crippen LogP contribution in [-0.4, -0.2) is 20.2 Å². The van der Waals surface area contributed by atoms with E-state index in [0.29, 0.717) is 5.82 Å². The van der Waals surface area contributed by atoms with Gasteiger partial charge in [0.2, 0.25) is 5.82 Å². The van der Waals surface area contributed by atoms with Gasteiger partial charge in [0.15, 0.2) is 0 Å². The molecule has 0 saturated heterocycles. The summed E-state index contributed by atoms with van der Waals surface area (Å²) in [4.78, 5) is 1.63. The number of nitrogens with zero attached hydrogens (tertiary/aromatic N) is 4. The lowest BCUT2D eigenvalue weighted by atomic mass is 10.1. The van der Waals surface area contributed by atoms with Gasteiger partial charge in [-0.05, 0) is 30.2 Å². The van der Waals surface area contributed by atoms with Crippen molar-refractivity contribution < 1.29 is 0 Å². The second-order valence-electron chi connectivity index (χ2n) is 5.36. The van der Waals surface area contributed by atoms with Crippen LogP contribution in [0.25, 0.3) is 23.5 Å². The van der Waals surface area contributed by atoms with E-state index in [1.807, 2.05) is 50.2 Å². The fourth-order valence-electron chi connectivity index (χ4n) is 2.15. The summed E-state index contributed by atoms with van der Waals surface area (Å²) in [5, 5.41) is 12.7. The van der Waals surface area contributed by atoms with Gasteiger partial charge in [-0.2, -0.15) is 4.80 Å². The van der Waals surface area contributed by atoms with Crippen molar-refractivity contribution in [3.8, 4) is 11.4 Å². The Morgan fingerprint density at radius 3 is 2.36 bits per heavy atom. The quantitative estimate of drug-likeness (QED) is 0.680. The van der Waals surface area contributed by atoms with Crippen molar-refractivity contribution in [2.75, 3.05) is 0 Å². The molecule has 4 heteroatoms. The zero-order valence-electron chi connectivity index (χ0n) is 12.7. The SMILES string of the molecule is CC(C)n1nnc(-c2ccccc2/C=C/c2ccccc2)n1. The van der Waals surface area contributed by atoms with E-state index in [-0.39, 0.29) is 6.04 Å². The van der Waals surface area contributed by atoms with E-state index >= 15 is 0 Å². The van der Waals surface area contributed by atoms with Crippen LogP contribution < -0.4 is 0 Å². The zero-order chi connectivity index (χ0) is 15.4. The van der Waals surface area contributed by atoms with Crippen LogP contribution in [0.15, 0.2) is 54.6 Å². The minimum absolute atomic E-state index is 0.202. The van der Waals surface area contributed by atoms with Crippen LogP contribution in [0.2, 0.25) is 0 Å². The standard InChI is InChI=1S/C18H18N4/c1-14(2)22-20-18(19-21-22)17-11-7-6-10-16(17)13-12-15-8-4-3-5-9-15/h3-14H,1-2H3/b13-12+. The van der Waals surface area contributed by atoms with Crippen molar-refractivity contribution in [1.29, 1.82) is 0 Å². The van der Waals surface area contributed by atoms with E-state index < -0.39 is 0 Å². The summed E-state index contributed by atoms with van der Waals surface area (Å²) >= 11 is 0. The maximum atomic E-state index is 4.46. The molecule has 110 valence electrons. The molecule has 3 rings (SSSR count). The Morgan fingerprint density at radius 1 is 0.909 bits per heavy atom. The highest BCUT2D eigenvalue weighted by Gasteiger charge is 2.10. The molecule has 0 unspecified atom stereocenters. The minimum atomic E-state index is 0.202. The topological polar surface area (TPSA) is 43.6 Å². The van der Waals surface area contributed by atoms with E-state index in [4.69, 9.17) is 0 Å². The number of tetrazole rings is 1. The maximum absolute atomic E-state index is 4.46. The monoisotopic (exact) mass is 290 g/mol. The summed E-state index contributed by atoms with van der Waals surface area (Å²) in [6, 6.07) is 18.5. The third kappa shape index (κ3) is 3.11. The molecule has 4 nitrogen and oxygen atoms in total. The third-order valence-electron chi connectivity index (χ3n) is 3.35. The first kappa shape index (κ1) is 14.2. The molecule has 0 N–H and O–H groups in total. The molecule has 0 aliphatic carbocycles. The van der Waals surface area contributed by atoms with Gasteiger partial charge in [-0.1, -0.05) is 66.7 Å². The summed E-state index contributed by atoms with van der Waals surface area (Å²) in [7, 11) is 0. The van der Waals surface area contributed by atoms with Gasteiger partial charge in [0.25, 0.3) is 0 Å². The Balaban J connectivity index is 1.94. The van der Waals surface area contributed by atoms with Gasteiger partial charge in [0, 0.05) is 5.56 Å². The first-order chi connectivity index (χ1) is 10.7. The van der Waals surface area contributed by atoms with Crippen molar-refractivity contribution in [3.63, 3.8) is 0 Å². The Bertz CT molecular complexity index is 773. The van der Waals surface area contributed by atoms with Crippen LogP contribution in [0, 0.1) is 0 Å². The molecule has 0 atom stereocenters. The molecule has 0 bridgehead atoms. The highest BCUT2D eigenvalue weighted by atomic mass is 15.6. The van der Waals surface area contributed by atoms with Gasteiger partial charge < -0.3 is 0 Å². The van der Waals surface area contributed by atoms with E-state index in [1.165, 1.54) is 0 Å². The van der Waals surface area contributed by atoms with Gasteiger partial charge in [-0.25, -0.2) is 0 Å². The molecule has 0 aliphatic heterocycles. The van der Waals surface area contributed by atoms with Gasteiger partial charge >= 0.3 is 0 Å². The van der Waals surface area contributed by atoms with Crippen molar-refractivity contribution in [2.24, 2.45) is 0 Å². The van der Waals surface area contributed by atoms with E-state index in [9.17, 15) is 0 Å². The summed E-state index contributed by atoms with van der Waals surface area (Å²) < 4.78 is 0. The van der Waals surface area contributed by atoms with E-state index in [2.05, 4.69) is 45.8 Å². The average molecular weight is 290 g/mol. The lowest BCUT2D eigenvalue weighted by molar-refractivity contribution is 0.455. The fourth-order valence-corrected chi connectivity index (χ4v) is 2.15. The second-order valence-corrected chi connectivity index (χ2v) is 5.36. The van der Waals surface area contributed by atoms with Crippen LogP contribution >= 0.6 is 0 Å². The van der Waals surface area contributed by atoms with Crippen LogP contribution in [0.1, 0.15) is 31.0 Å². The first-order valence-electron chi connectivity index (χ1n) is 7.36. The molecular formula is C18H18N4. The summed E-state index contributed by atoms with van der Waals surface area (Å²) in [6.45, 7) is 4.07. The van der Waals surface area contributed by atoms with E-state index in [1.54, 1.807) is 4.80 Å². The number of rotatable bonds is 4. The molecule has 2 aromatic carbocycles. The Kier molecular flexibility index (Phi) is 4.10. The van der Waals surface area contributed by atoms with Gasteiger partial charge in [-0.3, -0.25) is 0 Å². The lowest BCUT2D eigenvalue weighted by Crippen LogP contribution is -2.04. The molecule has 0 spiro atoms. The van der Waals surface area contributed by atoms with Crippen LogP contribution in [-0.2, 0) is 0 Å². The van der Waals surface area contributed by atoms with Crippen LogP contribution in [0.5, 0.6) is 0 Å². The Hall–Kier alpha value is -2.75. The fraction of sp³-hybridized carbons (Fsp3) is 0.167. The molecule has 0 aliphatic rings. The molecular weight excluding hydrogens is 272 g/mol. The van der Waals surface area contributed by atoms with Crippen molar-refractivity contribution in [2.45, 2.75) is 19.9 Å². The van der Waals surface area contributed by atoms with E-state index in [0.717, 1.165) is 16.7 Å². The maximum Gasteiger partial charge on any atom is 0.205 e. The van der Waals surface area contributed by atoms with Gasteiger partial charge in [0.1, 0.15) is 0 Å². The average Bonchev–Trinajstić information content (AvgIpc) is 3.04. The Morgan fingerprint density at radius 2 is 1.64 bits per heavy atom. The second kappa shape index (κ2) is 6.35. The predicted octanol–water partition coefficient (Wildman–Crippen LogP) is 4.09. The third-order valence-corrected chi connectivity index (χ3v) is 3.35. The molecule has 1 aromatic heterocycles. The highest BCUT2D eigenvalue weighted by molar-refractivity contribution is 5.78. The normalized spacial score (nSPS) is 11.4. The van der Waals surface area contributed by atoms with Crippen molar-refractivity contribution in [3.05, 3.63) is 65.7 Å². The van der Waals surface area contributed by atoms with Gasteiger partial charge in [-0.15, -0.1) is 10.2 Å². The summed E-state index contributed by atoms with van der Waals surface area (Å²) in [6.07, 6.45) is 4.17. The molecule has 0 radical (unpaired) electrons. The molecule has 1 heterocycles. The highest BCUT2D eigenvalue weighted by Crippen LogP contribution is 2.22. The van der Waals surface area contributed by atoms with Gasteiger partial charge in [0.05, 0.1) is 6.04 Å². The van der Waals surface area contributed by atoms with Crippen molar-refractivity contribution in [1.82, 2.24) is 20.2 Å². The Labute approximate surface area is 130 Å².